The predicted octanol–water partition coefficient (Wildman–Crippen LogP) is 2.94. The smallest absolute Gasteiger partial charge is 0.336 e. The molecule has 5 nitrogen and oxygen atoms in total. The number of rotatable bonds is 1. The van der Waals surface area contributed by atoms with Crippen molar-refractivity contribution < 1.29 is 13.9 Å². The van der Waals surface area contributed by atoms with E-state index in [0.29, 0.717) is 11.3 Å². The van der Waals surface area contributed by atoms with Crippen LogP contribution < -0.4 is 10.4 Å². The van der Waals surface area contributed by atoms with Gasteiger partial charge in [0, 0.05) is 35.3 Å². The van der Waals surface area contributed by atoms with Gasteiger partial charge >= 0.3 is 11.6 Å². The Hall–Kier alpha value is -2.95. The second-order valence-corrected chi connectivity index (χ2v) is 5.62. The number of hydrogen-bond donors (Lipinski definition) is 0. The monoisotopic (exact) mass is 307 g/mol. The molecule has 0 saturated heterocycles. The number of esters is 1. The van der Waals surface area contributed by atoms with Gasteiger partial charge in [-0.25, -0.2) is 4.79 Å². The van der Waals surface area contributed by atoms with Crippen LogP contribution in [0.2, 0.25) is 0 Å². The molecule has 3 heterocycles. The van der Waals surface area contributed by atoms with E-state index in [2.05, 4.69) is 4.98 Å². The molecule has 3 aromatic rings. The van der Waals surface area contributed by atoms with E-state index in [0.717, 1.165) is 22.1 Å². The van der Waals surface area contributed by atoms with Gasteiger partial charge in [0.05, 0.1) is 6.42 Å². The number of hydrogen-bond acceptors (Lipinski definition) is 5. The number of ether oxygens (including phenoxy) is 1. The number of pyridine rings is 1. The van der Waals surface area contributed by atoms with Gasteiger partial charge in [0.25, 0.3) is 0 Å². The summed E-state index contributed by atoms with van der Waals surface area (Å²) in [6.45, 7) is 1.86. The summed E-state index contributed by atoms with van der Waals surface area (Å²) in [6, 6.07) is 8.76. The van der Waals surface area contributed by atoms with Crippen molar-refractivity contribution in [3.05, 3.63) is 69.8 Å². The summed E-state index contributed by atoms with van der Waals surface area (Å²) in [7, 11) is 0. The van der Waals surface area contributed by atoms with Crippen LogP contribution in [0.15, 0.2) is 51.9 Å². The zero-order chi connectivity index (χ0) is 16.0. The van der Waals surface area contributed by atoms with Crippen molar-refractivity contribution in [3.8, 4) is 5.75 Å². The summed E-state index contributed by atoms with van der Waals surface area (Å²) >= 11 is 0. The van der Waals surface area contributed by atoms with Crippen LogP contribution in [-0.4, -0.2) is 11.0 Å². The van der Waals surface area contributed by atoms with Crippen LogP contribution in [0.4, 0.5) is 0 Å². The van der Waals surface area contributed by atoms with E-state index in [1.807, 2.05) is 25.1 Å². The Balaban J connectivity index is 2.06. The first-order valence-electron chi connectivity index (χ1n) is 7.31. The fourth-order valence-corrected chi connectivity index (χ4v) is 3.11. The quantitative estimate of drug-likeness (QED) is 0.393. The highest BCUT2D eigenvalue weighted by Crippen LogP contribution is 2.42. The standard InChI is InChI=1S/C18H13NO4/c1-10-7-15(20)23-18-12(10)4-5-14-17(18)13(8-16(21)22-14)11-3-2-6-19-9-11/h2-7,9,13H,8H2,1H3. The maximum absolute atomic E-state index is 11.9. The van der Waals surface area contributed by atoms with Crippen molar-refractivity contribution in [2.75, 3.05) is 0 Å². The highest BCUT2D eigenvalue weighted by Gasteiger charge is 2.31. The topological polar surface area (TPSA) is 69.4 Å². The number of aryl methyl sites for hydroxylation is 1. The van der Waals surface area contributed by atoms with Gasteiger partial charge in [0.1, 0.15) is 11.3 Å². The third-order valence-electron chi connectivity index (χ3n) is 4.15. The molecule has 0 spiro atoms. The van der Waals surface area contributed by atoms with Crippen molar-refractivity contribution in [1.29, 1.82) is 0 Å². The summed E-state index contributed by atoms with van der Waals surface area (Å²) in [6.07, 6.45) is 3.59. The van der Waals surface area contributed by atoms with Gasteiger partial charge < -0.3 is 9.15 Å². The van der Waals surface area contributed by atoms with Crippen LogP contribution in [0.5, 0.6) is 5.75 Å². The molecule has 5 heteroatoms. The molecule has 4 rings (SSSR count). The van der Waals surface area contributed by atoms with E-state index < -0.39 is 5.63 Å². The highest BCUT2D eigenvalue weighted by atomic mass is 16.5. The SMILES string of the molecule is Cc1cc(=O)oc2c3c(ccc12)OC(=O)CC3c1cccnc1. The Morgan fingerprint density at radius 3 is 2.87 bits per heavy atom. The van der Waals surface area contributed by atoms with Gasteiger partial charge in [-0.05, 0) is 36.2 Å². The number of nitrogens with zero attached hydrogens (tertiary/aromatic N) is 1. The first-order chi connectivity index (χ1) is 11.1. The first-order valence-corrected chi connectivity index (χ1v) is 7.31. The second-order valence-electron chi connectivity index (χ2n) is 5.62. The lowest BCUT2D eigenvalue weighted by Gasteiger charge is -2.25. The van der Waals surface area contributed by atoms with E-state index in [9.17, 15) is 9.59 Å². The van der Waals surface area contributed by atoms with Crippen molar-refractivity contribution in [2.24, 2.45) is 0 Å². The Bertz CT molecular complexity index is 975. The lowest BCUT2D eigenvalue weighted by Crippen LogP contribution is -2.21. The number of aromatic nitrogens is 1. The minimum atomic E-state index is -0.412. The Morgan fingerprint density at radius 1 is 1.22 bits per heavy atom. The molecule has 1 aliphatic rings. The fraction of sp³-hybridized carbons (Fsp3) is 0.167. The van der Waals surface area contributed by atoms with Crippen LogP contribution in [-0.2, 0) is 4.79 Å². The molecular formula is C18H13NO4. The molecule has 0 radical (unpaired) electrons. The third-order valence-corrected chi connectivity index (χ3v) is 4.15. The van der Waals surface area contributed by atoms with E-state index in [-0.39, 0.29) is 18.3 Å². The fourth-order valence-electron chi connectivity index (χ4n) is 3.11. The van der Waals surface area contributed by atoms with Crippen molar-refractivity contribution in [3.63, 3.8) is 0 Å². The second kappa shape index (κ2) is 5.05. The van der Waals surface area contributed by atoms with Crippen molar-refractivity contribution in [1.82, 2.24) is 4.98 Å². The molecule has 0 aliphatic carbocycles. The summed E-state index contributed by atoms with van der Waals surface area (Å²) in [5.41, 5.74) is 2.53. The number of carbonyl (C=O) groups excluding carboxylic acids is 1. The maximum atomic E-state index is 11.9. The number of benzene rings is 1. The highest BCUT2D eigenvalue weighted by molar-refractivity contribution is 5.89. The lowest BCUT2D eigenvalue weighted by atomic mass is 9.86. The molecule has 0 bridgehead atoms. The number of carbonyl (C=O) groups is 1. The maximum Gasteiger partial charge on any atom is 0.336 e. The Labute approximate surface area is 131 Å². The molecular weight excluding hydrogens is 294 g/mol. The molecule has 0 fully saturated rings. The van der Waals surface area contributed by atoms with E-state index in [4.69, 9.17) is 9.15 Å². The molecule has 2 aromatic heterocycles. The zero-order valence-electron chi connectivity index (χ0n) is 12.4. The van der Waals surface area contributed by atoms with Gasteiger partial charge in [-0.3, -0.25) is 9.78 Å². The minimum Gasteiger partial charge on any atom is -0.426 e. The number of fused-ring (bicyclic) bond motifs is 3. The summed E-state index contributed by atoms with van der Waals surface area (Å²) in [5.74, 6) is -0.106. The Kier molecular flexibility index (Phi) is 3.01. The molecule has 0 amide bonds. The van der Waals surface area contributed by atoms with Gasteiger partial charge in [-0.15, -0.1) is 0 Å². The molecule has 0 N–H and O–H groups in total. The molecule has 1 aliphatic heterocycles. The van der Waals surface area contributed by atoms with Crippen LogP contribution in [0.1, 0.15) is 29.0 Å². The summed E-state index contributed by atoms with van der Waals surface area (Å²) in [4.78, 5) is 27.9. The molecule has 23 heavy (non-hydrogen) atoms. The summed E-state index contributed by atoms with van der Waals surface area (Å²) < 4.78 is 10.8. The molecule has 1 atom stereocenters. The molecule has 114 valence electrons. The van der Waals surface area contributed by atoms with E-state index in [1.54, 1.807) is 18.5 Å². The van der Waals surface area contributed by atoms with Gasteiger partial charge in [-0.2, -0.15) is 0 Å². The van der Waals surface area contributed by atoms with Crippen LogP contribution >= 0.6 is 0 Å². The van der Waals surface area contributed by atoms with Crippen LogP contribution in [0.3, 0.4) is 0 Å². The molecule has 1 unspecified atom stereocenters. The van der Waals surface area contributed by atoms with Gasteiger partial charge in [-0.1, -0.05) is 6.07 Å². The van der Waals surface area contributed by atoms with Crippen LogP contribution in [0, 0.1) is 6.92 Å². The average Bonchev–Trinajstić information content (AvgIpc) is 2.54. The average molecular weight is 307 g/mol. The van der Waals surface area contributed by atoms with Gasteiger partial charge in [0.2, 0.25) is 0 Å². The van der Waals surface area contributed by atoms with E-state index >= 15 is 0 Å². The normalized spacial score (nSPS) is 16.9. The molecule has 1 aromatic carbocycles. The lowest BCUT2D eigenvalue weighted by molar-refractivity contribution is -0.135. The minimum absolute atomic E-state index is 0.190. The van der Waals surface area contributed by atoms with E-state index in [1.165, 1.54) is 6.07 Å². The first kappa shape index (κ1) is 13.7. The molecule has 0 saturated carbocycles. The Morgan fingerprint density at radius 2 is 2.09 bits per heavy atom. The van der Waals surface area contributed by atoms with Crippen molar-refractivity contribution in [2.45, 2.75) is 19.3 Å². The summed E-state index contributed by atoms with van der Waals surface area (Å²) in [5, 5.41) is 0.843. The predicted molar refractivity (Wildman–Crippen MR) is 83.6 cm³/mol. The third kappa shape index (κ3) is 2.21. The largest absolute Gasteiger partial charge is 0.426 e. The van der Waals surface area contributed by atoms with Crippen molar-refractivity contribution >= 4 is 16.9 Å². The zero-order valence-corrected chi connectivity index (χ0v) is 12.4. The van der Waals surface area contributed by atoms with Gasteiger partial charge in [0.15, 0.2) is 0 Å². The van der Waals surface area contributed by atoms with Crippen LogP contribution in [0.25, 0.3) is 11.0 Å².